The highest BCUT2D eigenvalue weighted by Crippen LogP contribution is 2.34. The van der Waals surface area contributed by atoms with Gasteiger partial charge in [0.2, 0.25) is 0 Å². The molecule has 0 unspecified atom stereocenters. The number of benzene rings is 2. The van der Waals surface area contributed by atoms with E-state index in [0.29, 0.717) is 5.92 Å². The van der Waals surface area contributed by atoms with E-state index in [-0.39, 0.29) is 0 Å². The molecule has 0 atom stereocenters. The maximum atomic E-state index is 9.10. The van der Waals surface area contributed by atoms with Crippen LogP contribution in [-0.4, -0.2) is 51.7 Å². The number of hydrogen-bond donors (Lipinski definition) is 2. The number of carboxylic acid groups (broad SMARTS) is 2. The molecule has 4 rings (SSSR count). The lowest BCUT2D eigenvalue weighted by atomic mass is 9.90. The fraction of sp³-hybridized carbons (Fsp3) is 0.269. The van der Waals surface area contributed by atoms with Crippen LogP contribution in [0.3, 0.4) is 0 Å². The van der Waals surface area contributed by atoms with Gasteiger partial charge in [0, 0.05) is 29.1 Å². The monoisotopic (exact) mass is 432 g/mol. The van der Waals surface area contributed by atoms with E-state index in [1.165, 1.54) is 40.4 Å². The van der Waals surface area contributed by atoms with Crippen molar-refractivity contribution in [3.05, 3.63) is 78.5 Å². The van der Waals surface area contributed by atoms with E-state index in [1.807, 2.05) is 6.08 Å². The molecule has 0 bridgehead atoms. The second kappa shape index (κ2) is 10.7. The molecule has 0 spiro atoms. The number of carbonyl (C=O) groups is 2. The third-order valence-electron chi connectivity index (χ3n) is 5.74. The zero-order valence-electron chi connectivity index (χ0n) is 18.2. The van der Waals surface area contributed by atoms with Crippen molar-refractivity contribution in [2.75, 3.05) is 19.6 Å². The minimum atomic E-state index is -1.82. The zero-order chi connectivity index (χ0) is 23.1. The molecule has 0 radical (unpaired) electrons. The average molecular weight is 433 g/mol. The summed E-state index contributed by atoms with van der Waals surface area (Å²) in [7, 11) is 0. The Hall–Kier alpha value is -3.51. The maximum absolute atomic E-state index is 9.10. The van der Waals surface area contributed by atoms with Crippen LogP contribution in [0.2, 0.25) is 0 Å². The molecule has 2 aromatic carbocycles. The van der Waals surface area contributed by atoms with Crippen LogP contribution in [0.15, 0.2) is 67.3 Å². The summed E-state index contributed by atoms with van der Waals surface area (Å²) in [4.78, 5) is 25.9. The molecule has 166 valence electrons. The first kappa shape index (κ1) is 23.2. The van der Waals surface area contributed by atoms with Crippen molar-refractivity contribution in [3.8, 4) is 11.3 Å². The normalized spacial score (nSPS) is 14.4. The third kappa shape index (κ3) is 5.59. The van der Waals surface area contributed by atoms with Crippen molar-refractivity contribution < 1.29 is 19.8 Å². The van der Waals surface area contributed by atoms with Gasteiger partial charge < -0.3 is 10.2 Å². The first-order chi connectivity index (χ1) is 15.4. The van der Waals surface area contributed by atoms with Gasteiger partial charge in [-0.05, 0) is 49.9 Å². The van der Waals surface area contributed by atoms with Gasteiger partial charge in [0.15, 0.2) is 0 Å². The van der Waals surface area contributed by atoms with Crippen molar-refractivity contribution >= 4 is 22.7 Å². The molecule has 32 heavy (non-hydrogen) atoms. The summed E-state index contributed by atoms with van der Waals surface area (Å²) in [5, 5.41) is 17.3. The van der Waals surface area contributed by atoms with Gasteiger partial charge in [0.25, 0.3) is 0 Å². The Morgan fingerprint density at radius 1 is 1.06 bits per heavy atom. The number of carboxylic acids is 2. The van der Waals surface area contributed by atoms with Crippen molar-refractivity contribution in [2.24, 2.45) is 0 Å². The maximum Gasteiger partial charge on any atom is 0.414 e. The highest BCUT2D eigenvalue weighted by Gasteiger charge is 2.22. The fourth-order valence-corrected chi connectivity index (χ4v) is 4.07. The Kier molecular flexibility index (Phi) is 7.73. The second-order valence-electron chi connectivity index (χ2n) is 7.91. The van der Waals surface area contributed by atoms with Crippen LogP contribution in [0.5, 0.6) is 0 Å². The van der Waals surface area contributed by atoms with Gasteiger partial charge in [-0.2, -0.15) is 0 Å². The Balaban J connectivity index is 0.000000427. The molecule has 6 nitrogen and oxygen atoms in total. The molecular weight excluding hydrogens is 404 g/mol. The number of rotatable bonds is 4. The molecule has 1 aliphatic heterocycles. The number of hydrogen-bond acceptors (Lipinski definition) is 4. The Morgan fingerprint density at radius 3 is 2.31 bits per heavy atom. The van der Waals surface area contributed by atoms with Gasteiger partial charge in [-0.3, -0.25) is 9.88 Å². The van der Waals surface area contributed by atoms with Crippen LogP contribution in [0.25, 0.3) is 22.0 Å². The Labute approximate surface area is 187 Å². The molecule has 2 N–H and O–H groups in total. The minimum Gasteiger partial charge on any atom is -0.473 e. The SMILES string of the molecule is C=CCN1CCC(c2cc3ccccc3c(-c3ccccc3C)n2)CC1.O=C(O)C(=O)O. The largest absolute Gasteiger partial charge is 0.473 e. The van der Waals surface area contributed by atoms with Gasteiger partial charge in [0.1, 0.15) is 0 Å². The molecular formula is C26H28N2O4. The van der Waals surface area contributed by atoms with Crippen molar-refractivity contribution in [2.45, 2.75) is 25.7 Å². The smallest absolute Gasteiger partial charge is 0.414 e. The zero-order valence-corrected chi connectivity index (χ0v) is 18.2. The van der Waals surface area contributed by atoms with Crippen molar-refractivity contribution in [3.63, 3.8) is 0 Å². The first-order valence-electron chi connectivity index (χ1n) is 10.7. The summed E-state index contributed by atoms with van der Waals surface area (Å²) >= 11 is 0. The quantitative estimate of drug-likeness (QED) is 0.457. The van der Waals surface area contributed by atoms with E-state index >= 15 is 0 Å². The van der Waals surface area contributed by atoms with Crippen LogP contribution in [0.1, 0.15) is 30.0 Å². The van der Waals surface area contributed by atoms with Gasteiger partial charge in [-0.25, -0.2) is 9.59 Å². The molecule has 6 heteroatoms. The van der Waals surface area contributed by atoms with E-state index in [9.17, 15) is 0 Å². The standard InChI is InChI=1S/C24H26N2.C2H2O4/c1-3-14-26-15-12-19(13-16-26)23-17-20-9-5-7-11-22(20)24(25-23)21-10-6-4-8-18(21)2;3-1(4)2(5)6/h3-11,17,19H,1,12-16H2,2H3;(H,3,4)(H,5,6). The van der Waals surface area contributed by atoms with Gasteiger partial charge in [-0.1, -0.05) is 54.6 Å². The Bertz CT molecular complexity index is 1110. The van der Waals surface area contributed by atoms with E-state index in [0.717, 1.165) is 25.3 Å². The third-order valence-corrected chi connectivity index (χ3v) is 5.74. The summed E-state index contributed by atoms with van der Waals surface area (Å²) in [5.74, 6) is -3.10. The predicted octanol–water partition coefficient (Wildman–Crippen LogP) is 4.73. The van der Waals surface area contributed by atoms with Crippen molar-refractivity contribution in [1.29, 1.82) is 0 Å². The molecule has 3 aromatic rings. The number of likely N-dealkylation sites (tertiary alicyclic amines) is 1. The average Bonchev–Trinajstić information content (AvgIpc) is 2.80. The summed E-state index contributed by atoms with van der Waals surface area (Å²) in [6.45, 7) is 9.29. The molecule has 1 aromatic heterocycles. The van der Waals surface area contributed by atoms with Gasteiger partial charge in [0.05, 0.1) is 5.69 Å². The highest BCUT2D eigenvalue weighted by molar-refractivity contribution is 6.27. The first-order valence-corrected chi connectivity index (χ1v) is 10.7. The molecule has 0 aliphatic carbocycles. The van der Waals surface area contributed by atoms with Crippen LogP contribution in [0, 0.1) is 6.92 Å². The van der Waals surface area contributed by atoms with Crippen LogP contribution in [-0.2, 0) is 9.59 Å². The van der Waals surface area contributed by atoms with Crippen molar-refractivity contribution in [1.82, 2.24) is 9.88 Å². The lowest BCUT2D eigenvalue weighted by Crippen LogP contribution is -2.33. The molecule has 1 fully saturated rings. The van der Waals surface area contributed by atoms with E-state index in [4.69, 9.17) is 24.8 Å². The lowest BCUT2D eigenvalue weighted by molar-refractivity contribution is -0.159. The number of pyridine rings is 1. The molecule has 0 saturated carbocycles. The Morgan fingerprint density at radius 2 is 1.69 bits per heavy atom. The molecule has 1 aliphatic rings. The highest BCUT2D eigenvalue weighted by atomic mass is 16.4. The molecule has 0 amide bonds. The number of piperidine rings is 1. The minimum absolute atomic E-state index is 0.545. The van der Waals surface area contributed by atoms with E-state index < -0.39 is 11.9 Å². The topological polar surface area (TPSA) is 90.7 Å². The molecule has 1 saturated heterocycles. The number of aliphatic carboxylic acids is 2. The fourth-order valence-electron chi connectivity index (χ4n) is 4.07. The summed E-state index contributed by atoms with van der Waals surface area (Å²) in [6.07, 6.45) is 4.35. The second-order valence-corrected chi connectivity index (χ2v) is 7.91. The van der Waals surface area contributed by atoms with E-state index in [2.05, 4.69) is 73.0 Å². The van der Waals surface area contributed by atoms with Crippen LogP contribution in [0.4, 0.5) is 0 Å². The summed E-state index contributed by atoms with van der Waals surface area (Å²) in [6, 6.07) is 19.5. The number of aromatic nitrogens is 1. The lowest BCUT2D eigenvalue weighted by Gasteiger charge is -2.31. The predicted molar refractivity (Wildman–Crippen MR) is 126 cm³/mol. The van der Waals surface area contributed by atoms with Crippen LogP contribution >= 0.6 is 0 Å². The number of aryl methyl sites for hydroxylation is 1. The molecule has 2 heterocycles. The summed E-state index contributed by atoms with van der Waals surface area (Å²) < 4.78 is 0. The van der Waals surface area contributed by atoms with E-state index in [1.54, 1.807) is 0 Å². The van der Waals surface area contributed by atoms with Gasteiger partial charge in [-0.15, -0.1) is 6.58 Å². The van der Waals surface area contributed by atoms with Crippen LogP contribution < -0.4 is 0 Å². The number of nitrogens with zero attached hydrogens (tertiary/aromatic N) is 2. The van der Waals surface area contributed by atoms with Gasteiger partial charge >= 0.3 is 11.9 Å². The summed E-state index contributed by atoms with van der Waals surface area (Å²) in [5.41, 5.74) is 4.91. The number of fused-ring (bicyclic) bond motifs is 1.